The second kappa shape index (κ2) is 5.13. The highest BCUT2D eigenvalue weighted by Crippen LogP contribution is 2.27. The lowest BCUT2D eigenvalue weighted by Gasteiger charge is -2.14. The third-order valence-electron chi connectivity index (χ3n) is 4.10. The SMILES string of the molecule is Cc1ccc(C(C)c2ccc3cc(C)ccc3c2)cc1. The predicted molar refractivity (Wildman–Crippen MR) is 87.4 cm³/mol. The number of benzene rings is 3. The van der Waals surface area contributed by atoms with Crippen LogP contribution < -0.4 is 0 Å². The minimum absolute atomic E-state index is 0.432. The summed E-state index contributed by atoms with van der Waals surface area (Å²) in [5, 5.41) is 2.65. The Balaban J connectivity index is 2.01. The van der Waals surface area contributed by atoms with Crippen LogP contribution in [0.3, 0.4) is 0 Å². The van der Waals surface area contributed by atoms with Crippen LogP contribution in [0.2, 0.25) is 0 Å². The molecule has 0 aliphatic heterocycles. The van der Waals surface area contributed by atoms with E-state index in [1.807, 2.05) is 0 Å². The summed E-state index contributed by atoms with van der Waals surface area (Å²) in [6.07, 6.45) is 0. The number of hydrogen-bond acceptors (Lipinski definition) is 0. The fraction of sp³-hybridized carbons (Fsp3) is 0.200. The van der Waals surface area contributed by atoms with Gasteiger partial charge in [0.05, 0.1) is 0 Å². The molecule has 0 aliphatic rings. The van der Waals surface area contributed by atoms with E-state index in [4.69, 9.17) is 0 Å². The number of fused-ring (bicyclic) bond motifs is 1. The maximum Gasteiger partial charge on any atom is 0.00612 e. The van der Waals surface area contributed by atoms with Gasteiger partial charge in [0.2, 0.25) is 0 Å². The minimum atomic E-state index is 0.432. The van der Waals surface area contributed by atoms with Gasteiger partial charge in [0, 0.05) is 5.92 Å². The zero-order valence-electron chi connectivity index (χ0n) is 12.4. The molecule has 1 atom stereocenters. The molecule has 0 spiro atoms. The first-order valence-electron chi connectivity index (χ1n) is 7.20. The van der Waals surface area contributed by atoms with Gasteiger partial charge in [0.25, 0.3) is 0 Å². The highest BCUT2D eigenvalue weighted by atomic mass is 14.1. The van der Waals surface area contributed by atoms with E-state index in [-0.39, 0.29) is 0 Å². The van der Waals surface area contributed by atoms with Gasteiger partial charge in [-0.2, -0.15) is 0 Å². The summed E-state index contributed by atoms with van der Waals surface area (Å²) >= 11 is 0. The summed E-state index contributed by atoms with van der Waals surface area (Å²) in [4.78, 5) is 0. The van der Waals surface area contributed by atoms with E-state index in [0.717, 1.165) is 0 Å². The molecule has 0 aromatic heterocycles. The van der Waals surface area contributed by atoms with Crippen LogP contribution in [-0.2, 0) is 0 Å². The normalized spacial score (nSPS) is 12.6. The van der Waals surface area contributed by atoms with Crippen molar-refractivity contribution in [2.45, 2.75) is 26.7 Å². The molecule has 0 heterocycles. The molecule has 1 unspecified atom stereocenters. The van der Waals surface area contributed by atoms with Crippen molar-refractivity contribution < 1.29 is 0 Å². The standard InChI is InChI=1S/C20H20/c1-14-4-7-17(8-5-14)16(3)18-10-11-19-12-15(2)6-9-20(19)13-18/h4-13,16H,1-3H3. The molecule has 20 heavy (non-hydrogen) atoms. The quantitative estimate of drug-likeness (QED) is 0.562. The van der Waals surface area contributed by atoms with Crippen molar-refractivity contribution in [3.63, 3.8) is 0 Å². The third kappa shape index (κ3) is 2.46. The van der Waals surface area contributed by atoms with Gasteiger partial charge in [0.15, 0.2) is 0 Å². The van der Waals surface area contributed by atoms with Crippen molar-refractivity contribution in [3.8, 4) is 0 Å². The van der Waals surface area contributed by atoms with Crippen LogP contribution in [0.4, 0.5) is 0 Å². The summed E-state index contributed by atoms with van der Waals surface area (Å²) in [5.74, 6) is 0.432. The fourth-order valence-electron chi connectivity index (χ4n) is 2.70. The Morgan fingerprint density at radius 1 is 0.600 bits per heavy atom. The maximum absolute atomic E-state index is 2.32. The second-order valence-electron chi connectivity index (χ2n) is 5.74. The third-order valence-corrected chi connectivity index (χ3v) is 4.10. The summed E-state index contributed by atoms with van der Waals surface area (Å²) < 4.78 is 0. The van der Waals surface area contributed by atoms with Crippen molar-refractivity contribution >= 4 is 10.8 Å². The van der Waals surface area contributed by atoms with Crippen LogP contribution in [0.1, 0.15) is 35.1 Å². The van der Waals surface area contributed by atoms with E-state index < -0.39 is 0 Å². The van der Waals surface area contributed by atoms with Gasteiger partial charge in [0.1, 0.15) is 0 Å². The molecule has 3 aromatic rings. The lowest BCUT2D eigenvalue weighted by Crippen LogP contribution is -1.96. The zero-order chi connectivity index (χ0) is 14.1. The molecule has 0 N–H and O–H groups in total. The summed E-state index contributed by atoms with van der Waals surface area (Å²) in [5.41, 5.74) is 5.39. The van der Waals surface area contributed by atoms with Gasteiger partial charge < -0.3 is 0 Å². The highest BCUT2D eigenvalue weighted by molar-refractivity contribution is 5.84. The molecule has 0 aliphatic carbocycles. The molecule has 0 saturated heterocycles. The zero-order valence-corrected chi connectivity index (χ0v) is 12.4. The molecule has 0 bridgehead atoms. The largest absolute Gasteiger partial charge is 0.0590 e. The van der Waals surface area contributed by atoms with Crippen molar-refractivity contribution in [2.75, 3.05) is 0 Å². The monoisotopic (exact) mass is 260 g/mol. The van der Waals surface area contributed by atoms with E-state index in [0.29, 0.717) is 5.92 Å². The summed E-state index contributed by atoms with van der Waals surface area (Å²) in [6.45, 7) is 6.55. The van der Waals surface area contributed by atoms with Crippen molar-refractivity contribution in [2.24, 2.45) is 0 Å². The molecule has 0 nitrogen and oxygen atoms in total. The Bertz CT molecular complexity index is 736. The summed E-state index contributed by atoms with van der Waals surface area (Å²) in [7, 11) is 0. The van der Waals surface area contributed by atoms with Gasteiger partial charge in [-0.1, -0.05) is 78.7 Å². The predicted octanol–water partition coefficient (Wildman–Crippen LogP) is 5.61. The second-order valence-corrected chi connectivity index (χ2v) is 5.74. The Morgan fingerprint density at radius 2 is 1.15 bits per heavy atom. The van der Waals surface area contributed by atoms with Gasteiger partial charge in [-0.3, -0.25) is 0 Å². The van der Waals surface area contributed by atoms with E-state index in [2.05, 4.69) is 81.4 Å². The van der Waals surface area contributed by atoms with Crippen molar-refractivity contribution in [1.82, 2.24) is 0 Å². The van der Waals surface area contributed by atoms with Crippen LogP contribution in [-0.4, -0.2) is 0 Å². The molecule has 0 heteroatoms. The van der Waals surface area contributed by atoms with Crippen LogP contribution in [0.25, 0.3) is 10.8 Å². The van der Waals surface area contributed by atoms with E-state index >= 15 is 0 Å². The first-order chi connectivity index (χ1) is 9.63. The molecule has 0 radical (unpaired) electrons. The fourth-order valence-corrected chi connectivity index (χ4v) is 2.70. The molecule has 3 aromatic carbocycles. The molecule has 0 saturated carbocycles. The Morgan fingerprint density at radius 3 is 1.90 bits per heavy atom. The molecule has 100 valence electrons. The molecule has 3 rings (SSSR count). The van der Waals surface area contributed by atoms with Crippen LogP contribution >= 0.6 is 0 Å². The molecule has 0 fully saturated rings. The summed E-state index contributed by atoms with van der Waals surface area (Å²) in [6, 6.07) is 22.3. The average Bonchev–Trinajstić information content (AvgIpc) is 2.47. The van der Waals surface area contributed by atoms with Gasteiger partial charge in [-0.25, -0.2) is 0 Å². The molecular weight excluding hydrogens is 240 g/mol. The smallest absolute Gasteiger partial charge is 0.00612 e. The maximum atomic E-state index is 2.32. The Kier molecular flexibility index (Phi) is 3.31. The lowest BCUT2D eigenvalue weighted by atomic mass is 9.91. The highest BCUT2D eigenvalue weighted by Gasteiger charge is 2.08. The molecular formula is C20H20. The van der Waals surface area contributed by atoms with Crippen LogP contribution in [0.15, 0.2) is 60.7 Å². The topological polar surface area (TPSA) is 0 Å². The Labute approximate surface area is 121 Å². The van der Waals surface area contributed by atoms with E-state index in [9.17, 15) is 0 Å². The van der Waals surface area contributed by atoms with E-state index in [1.54, 1.807) is 0 Å². The minimum Gasteiger partial charge on any atom is -0.0590 e. The number of hydrogen-bond donors (Lipinski definition) is 0. The number of aryl methyl sites for hydroxylation is 2. The van der Waals surface area contributed by atoms with Crippen LogP contribution in [0, 0.1) is 13.8 Å². The lowest BCUT2D eigenvalue weighted by molar-refractivity contribution is 0.924. The van der Waals surface area contributed by atoms with Gasteiger partial charge in [-0.05, 0) is 35.7 Å². The average molecular weight is 260 g/mol. The first-order valence-corrected chi connectivity index (χ1v) is 7.20. The van der Waals surface area contributed by atoms with Crippen molar-refractivity contribution in [3.05, 3.63) is 82.9 Å². The number of rotatable bonds is 2. The van der Waals surface area contributed by atoms with E-state index in [1.165, 1.54) is 33.0 Å². The van der Waals surface area contributed by atoms with Crippen molar-refractivity contribution in [1.29, 1.82) is 0 Å². The van der Waals surface area contributed by atoms with Gasteiger partial charge >= 0.3 is 0 Å². The van der Waals surface area contributed by atoms with Crippen LogP contribution in [0.5, 0.6) is 0 Å². The molecule has 0 amide bonds. The van der Waals surface area contributed by atoms with Gasteiger partial charge in [-0.15, -0.1) is 0 Å². The Hall–Kier alpha value is -2.08. The first kappa shape index (κ1) is 12.9.